The summed E-state index contributed by atoms with van der Waals surface area (Å²) < 4.78 is 0. The summed E-state index contributed by atoms with van der Waals surface area (Å²) in [5.41, 5.74) is 0.661. The summed E-state index contributed by atoms with van der Waals surface area (Å²) >= 11 is 0. The number of rotatable bonds is 8. The van der Waals surface area contributed by atoms with Gasteiger partial charge in [-0.1, -0.05) is 32.4 Å². The van der Waals surface area contributed by atoms with Crippen molar-refractivity contribution in [2.24, 2.45) is 0 Å². The second kappa shape index (κ2) is 13.1. The van der Waals surface area contributed by atoms with Crippen molar-refractivity contribution in [3.8, 4) is 11.4 Å². The Kier molecular flexibility index (Phi) is 10.5. The van der Waals surface area contributed by atoms with Crippen LogP contribution in [0.15, 0.2) is 24.3 Å². The minimum Gasteiger partial charge on any atom is -0.481 e. The van der Waals surface area contributed by atoms with Gasteiger partial charge >= 0.3 is 17.8 Å². The number of benzene rings is 1. The third kappa shape index (κ3) is 8.81. The van der Waals surface area contributed by atoms with E-state index in [4.69, 9.17) is 5.11 Å². The zero-order valence-electron chi connectivity index (χ0n) is 16.9. The minimum atomic E-state index is -1.28. The summed E-state index contributed by atoms with van der Waals surface area (Å²) in [6.07, 6.45) is 0.909. The molecule has 0 radical (unpaired) electrons. The molecule has 13 heteroatoms. The van der Waals surface area contributed by atoms with E-state index in [0.717, 1.165) is 0 Å². The van der Waals surface area contributed by atoms with E-state index in [1.807, 2.05) is 0 Å². The maximum Gasteiger partial charge on any atom is 0.313 e. The third-order valence-electron chi connectivity index (χ3n) is 3.28. The lowest BCUT2D eigenvalue weighted by atomic mass is 10.1. The molecule has 0 bridgehead atoms. The first-order valence-corrected chi connectivity index (χ1v) is 9.20. The Morgan fingerprint density at radius 2 is 1.84 bits per heavy atom. The van der Waals surface area contributed by atoms with Crippen LogP contribution in [-0.4, -0.2) is 68.3 Å². The lowest BCUT2D eigenvalue weighted by Crippen LogP contribution is -2.45. The highest BCUT2D eigenvalue weighted by Crippen LogP contribution is 2.23. The summed E-state index contributed by atoms with van der Waals surface area (Å²) in [5, 5.41) is 28.4. The van der Waals surface area contributed by atoms with Gasteiger partial charge in [-0.05, 0) is 17.3 Å². The third-order valence-corrected chi connectivity index (χ3v) is 3.28. The summed E-state index contributed by atoms with van der Waals surface area (Å²) in [6, 6.07) is 5.18. The number of anilines is 1. The van der Waals surface area contributed by atoms with Crippen molar-refractivity contribution in [1.82, 2.24) is 31.3 Å². The van der Waals surface area contributed by atoms with Gasteiger partial charge in [0.05, 0.1) is 24.7 Å². The molecule has 3 amide bonds. The molecule has 0 saturated carbocycles. The number of aromatic amines is 1. The first kappa shape index (κ1) is 24.9. The molecular formula is C18H23N7O6. The molecule has 2 rings (SSSR count). The lowest BCUT2D eigenvalue weighted by molar-refractivity contribution is -0.139. The normalized spacial score (nSPS) is 10.6. The van der Waals surface area contributed by atoms with Crippen molar-refractivity contribution >= 4 is 35.7 Å². The minimum absolute atomic E-state index is 0.203. The molecule has 1 aromatic carbocycles. The molecule has 13 nitrogen and oxygen atoms in total. The van der Waals surface area contributed by atoms with Gasteiger partial charge in [0.25, 0.3) is 0 Å². The van der Waals surface area contributed by atoms with Gasteiger partial charge in [0.1, 0.15) is 6.29 Å². The van der Waals surface area contributed by atoms with Crippen molar-refractivity contribution in [3.63, 3.8) is 0 Å². The van der Waals surface area contributed by atoms with Crippen LogP contribution < -0.4 is 16.0 Å². The fourth-order valence-electron chi connectivity index (χ4n) is 2.06. The molecule has 166 valence electrons. The van der Waals surface area contributed by atoms with Gasteiger partial charge in [-0.25, -0.2) is 0 Å². The van der Waals surface area contributed by atoms with Crippen LogP contribution in [0.1, 0.15) is 26.7 Å². The molecule has 0 unspecified atom stereocenters. The molecule has 31 heavy (non-hydrogen) atoms. The van der Waals surface area contributed by atoms with E-state index in [1.165, 1.54) is 12.5 Å². The summed E-state index contributed by atoms with van der Waals surface area (Å²) in [5.74, 6) is -4.07. The highest BCUT2D eigenvalue weighted by molar-refractivity contribution is 6.40. The fraction of sp³-hybridized carbons (Fsp3) is 0.333. The van der Waals surface area contributed by atoms with E-state index in [0.29, 0.717) is 5.56 Å². The largest absolute Gasteiger partial charge is 0.481 e. The van der Waals surface area contributed by atoms with Crippen LogP contribution in [0.25, 0.3) is 11.4 Å². The molecule has 1 atom stereocenters. The smallest absolute Gasteiger partial charge is 0.313 e. The van der Waals surface area contributed by atoms with Crippen LogP contribution in [0.3, 0.4) is 0 Å². The van der Waals surface area contributed by atoms with Crippen LogP contribution in [0.2, 0.25) is 0 Å². The predicted molar refractivity (Wildman–Crippen MR) is 107 cm³/mol. The number of aldehydes is 1. The van der Waals surface area contributed by atoms with Crippen LogP contribution in [0.5, 0.6) is 0 Å². The van der Waals surface area contributed by atoms with Crippen LogP contribution in [0, 0.1) is 0 Å². The average molecular weight is 433 g/mol. The maximum atomic E-state index is 12.0. The van der Waals surface area contributed by atoms with Crippen LogP contribution >= 0.6 is 0 Å². The maximum absolute atomic E-state index is 12.0. The quantitative estimate of drug-likeness (QED) is 0.269. The molecule has 1 aromatic heterocycles. The molecule has 2 aromatic rings. The molecule has 0 saturated heterocycles. The van der Waals surface area contributed by atoms with Gasteiger partial charge < -0.3 is 25.9 Å². The first-order valence-electron chi connectivity index (χ1n) is 9.20. The van der Waals surface area contributed by atoms with Crippen molar-refractivity contribution in [3.05, 3.63) is 24.3 Å². The molecule has 0 aliphatic carbocycles. The molecule has 5 N–H and O–H groups in total. The molecule has 1 heterocycles. The van der Waals surface area contributed by atoms with Crippen molar-refractivity contribution in [2.75, 3.05) is 11.9 Å². The summed E-state index contributed by atoms with van der Waals surface area (Å²) in [4.78, 5) is 56.8. The number of H-pyrrole nitrogens is 1. The van der Waals surface area contributed by atoms with Crippen molar-refractivity contribution in [1.29, 1.82) is 0 Å². The number of para-hydroxylation sites is 1. The van der Waals surface area contributed by atoms with E-state index >= 15 is 0 Å². The Bertz CT molecular complexity index is 901. The van der Waals surface area contributed by atoms with Crippen LogP contribution in [0.4, 0.5) is 5.69 Å². The number of amides is 3. The Morgan fingerprint density at radius 3 is 2.42 bits per heavy atom. The molecule has 0 fully saturated rings. The van der Waals surface area contributed by atoms with Gasteiger partial charge in [0.15, 0.2) is 0 Å². The first-order chi connectivity index (χ1) is 14.8. The molecule has 0 aliphatic heterocycles. The lowest BCUT2D eigenvalue weighted by Gasteiger charge is -2.11. The number of nitrogens with zero attached hydrogens (tertiary/aromatic N) is 3. The number of tetrazole rings is 1. The molecule has 0 aliphatic rings. The topological polar surface area (TPSA) is 196 Å². The highest BCUT2D eigenvalue weighted by atomic mass is 16.4. The number of aliphatic carboxylic acids is 1. The van der Waals surface area contributed by atoms with E-state index in [9.17, 15) is 24.0 Å². The van der Waals surface area contributed by atoms with Crippen molar-refractivity contribution in [2.45, 2.75) is 32.7 Å². The fourth-order valence-corrected chi connectivity index (χ4v) is 2.06. The van der Waals surface area contributed by atoms with Gasteiger partial charge in [-0.15, -0.1) is 10.2 Å². The van der Waals surface area contributed by atoms with Gasteiger partial charge in [0.2, 0.25) is 11.7 Å². The summed E-state index contributed by atoms with van der Waals surface area (Å²) in [6.45, 7) is 3.63. The van der Waals surface area contributed by atoms with Crippen LogP contribution in [-0.2, 0) is 24.0 Å². The number of hydrogen-bond acceptors (Lipinski definition) is 8. The number of nitrogens with one attached hydrogen (secondary N) is 4. The van der Waals surface area contributed by atoms with Crippen molar-refractivity contribution < 1.29 is 29.1 Å². The van der Waals surface area contributed by atoms with Gasteiger partial charge in [-0.2, -0.15) is 5.21 Å². The van der Waals surface area contributed by atoms with E-state index in [-0.39, 0.29) is 17.8 Å². The zero-order chi connectivity index (χ0) is 23.2. The molecule has 0 spiro atoms. The van der Waals surface area contributed by atoms with E-state index in [2.05, 4.69) is 50.4 Å². The molecular weight excluding hydrogens is 410 g/mol. The monoisotopic (exact) mass is 433 g/mol. The Balaban J connectivity index is 0.00000151. The average Bonchev–Trinajstić information content (AvgIpc) is 3.26. The zero-order valence-corrected chi connectivity index (χ0v) is 16.9. The second-order valence-electron chi connectivity index (χ2n) is 6.03. The number of carboxylic acids is 1. The van der Waals surface area contributed by atoms with Gasteiger partial charge in [-0.3, -0.25) is 19.2 Å². The van der Waals surface area contributed by atoms with E-state index in [1.54, 1.807) is 18.2 Å². The number of aromatic nitrogens is 4. The number of carboxylic acid groups (broad SMARTS) is 1. The standard InChI is InChI=1S/C15H15N7O6.C3H8/c23-7-8(5-12(25)26)17-11(24)6-16-14(27)15(28)18-10-4-2-1-3-9(10)13-19-21-22-20-13;1-3-2/h1-4,7-8H,5-6H2,(H,16,27)(H,17,24)(H,18,28)(H,25,26)(H,19,20,21,22);3H2,1-2H3/t8-;/m0./s1. The SMILES string of the molecule is CCC.O=C[C@H](CC(=O)O)NC(=O)CNC(=O)C(=O)Nc1ccccc1-c1nn[nH]n1. The second-order valence-corrected chi connectivity index (χ2v) is 6.03. The Labute approximate surface area is 177 Å². The number of carbonyl (C=O) groups is 5. The van der Waals surface area contributed by atoms with Gasteiger partial charge in [0, 0.05) is 5.56 Å². The Hall–Kier alpha value is -4.16. The predicted octanol–water partition coefficient (Wildman–Crippen LogP) is -0.504. The Morgan fingerprint density at radius 1 is 1.16 bits per heavy atom. The highest BCUT2D eigenvalue weighted by Gasteiger charge is 2.19. The summed E-state index contributed by atoms with van der Waals surface area (Å²) in [7, 11) is 0. The van der Waals surface area contributed by atoms with E-state index < -0.39 is 42.7 Å². The number of carbonyl (C=O) groups excluding carboxylic acids is 4. The number of hydrogen-bond donors (Lipinski definition) is 5.